The molecule has 14 aromatic carbocycles. The number of para-hydroxylation sites is 3. The van der Waals surface area contributed by atoms with Gasteiger partial charge < -0.3 is 64.4 Å². The molecule has 3 aliphatic heterocycles. The Morgan fingerprint density at radius 1 is 0.344 bits per heavy atom. The van der Waals surface area contributed by atoms with Gasteiger partial charge in [-0.15, -0.1) is 154 Å². The molecular weight excluding hydrogens is 2060 g/mol. The number of hydrogen-bond donors (Lipinski definition) is 0. The Balaban J connectivity index is 0.000000123. The van der Waals surface area contributed by atoms with Gasteiger partial charge in [0.05, 0.1) is 0 Å². The summed E-state index contributed by atoms with van der Waals surface area (Å²) in [5.74, 6) is 0. The minimum absolute atomic E-state index is 0. The predicted molar refractivity (Wildman–Crippen MR) is 488 cm³/mol. The Morgan fingerprint density at radius 3 is 1.39 bits per heavy atom. The Morgan fingerprint density at radius 2 is 0.828 bits per heavy atom. The molecule has 19 aromatic rings. The van der Waals surface area contributed by atoms with Crippen LogP contribution in [-0.4, -0.2) is 46.2 Å². The van der Waals surface area contributed by atoms with Crippen molar-refractivity contribution < 1.29 is 67.6 Å². The first kappa shape index (κ1) is 85.7. The molecule has 0 spiro atoms. The number of nitrogens with zero attached hydrogens (tertiary/aromatic N) is 12. The Labute approximate surface area is 760 Å². The summed E-state index contributed by atoms with van der Waals surface area (Å²) in [6, 6.07) is 127. The van der Waals surface area contributed by atoms with Crippen molar-refractivity contribution in [2.75, 3.05) is 40.7 Å². The molecular formula is C105H80N12OPt3S. The molecule has 0 unspecified atom stereocenters. The van der Waals surface area contributed by atoms with Gasteiger partial charge in [-0.05, 0) is 127 Å². The van der Waals surface area contributed by atoms with Gasteiger partial charge in [-0.3, -0.25) is 0 Å². The van der Waals surface area contributed by atoms with E-state index >= 15 is 0 Å². The van der Waals surface area contributed by atoms with Crippen LogP contribution < -0.4 is 34.9 Å². The van der Waals surface area contributed by atoms with Crippen LogP contribution in [0, 0.1) is 84.1 Å². The first-order chi connectivity index (χ1) is 58.3. The van der Waals surface area contributed by atoms with Crippen LogP contribution in [0.5, 0.6) is 0 Å². The van der Waals surface area contributed by atoms with E-state index in [4.69, 9.17) is 4.42 Å². The van der Waals surface area contributed by atoms with Crippen molar-refractivity contribution >= 4 is 92.8 Å². The third kappa shape index (κ3) is 19.7. The summed E-state index contributed by atoms with van der Waals surface area (Å²) in [6.07, 6.45) is 8.09. The third-order valence-electron chi connectivity index (χ3n) is 20.6. The van der Waals surface area contributed by atoms with Gasteiger partial charge in [0.15, 0.2) is 0 Å². The molecule has 0 aliphatic carbocycles. The molecule has 0 atom stereocenters. The van der Waals surface area contributed by atoms with Crippen molar-refractivity contribution in [3.63, 3.8) is 0 Å². The van der Waals surface area contributed by atoms with Crippen LogP contribution >= 0.6 is 11.3 Å². The molecule has 3 aliphatic rings. The smallest absolute Gasteiger partial charge is 0.619 e. The zero-order chi connectivity index (χ0) is 81.1. The van der Waals surface area contributed by atoms with E-state index in [2.05, 4.69) is 291 Å². The van der Waals surface area contributed by atoms with Crippen LogP contribution in [0.25, 0.3) is 131 Å². The van der Waals surface area contributed by atoms with Crippen LogP contribution in [-0.2, 0) is 63.2 Å². The van der Waals surface area contributed by atoms with Gasteiger partial charge in [-0.25, -0.2) is 11.4 Å². The summed E-state index contributed by atoms with van der Waals surface area (Å²) in [5.41, 5.74) is 28.1. The predicted octanol–water partition coefficient (Wildman–Crippen LogP) is 24.7. The maximum absolute atomic E-state index is 5.99. The van der Waals surface area contributed by atoms with Crippen molar-refractivity contribution in [2.24, 2.45) is 0 Å². The molecule has 122 heavy (non-hydrogen) atoms. The molecule has 602 valence electrons. The number of aromatic nitrogens is 6. The molecule has 8 heterocycles. The van der Waals surface area contributed by atoms with E-state index in [1.54, 1.807) is 0 Å². The molecule has 0 saturated carbocycles. The summed E-state index contributed by atoms with van der Waals surface area (Å²) in [6.45, 7) is 14.4. The fraction of sp³-hybridized carbons (Fsp3) is 0.0667. The van der Waals surface area contributed by atoms with Crippen LogP contribution in [0.4, 0.5) is 28.4 Å². The second-order valence-electron chi connectivity index (χ2n) is 29.1. The Hall–Kier alpha value is -12.7. The quantitative estimate of drug-likeness (QED) is 0.121. The zero-order valence-electron chi connectivity index (χ0n) is 67.7. The fourth-order valence-corrected chi connectivity index (χ4v) is 15.9. The molecule has 0 N–H and O–H groups in total. The largest absolute Gasteiger partial charge is 4.00 e. The summed E-state index contributed by atoms with van der Waals surface area (Å²) in [4.78, 5) is 12.5. The SMILES string of the molecule is CN1C=CN(c2[c-]cc(-c3ccc4c(c3)oc3ccccc34)cc2)[CH-]1.CN1C=CN(c2[c-]cc(-c3ccc4c(c3)sc3ccccc34)cc2)[CH-]1.Cc1cc(-c2[c-]cccc2)[n-]n1.Cc1cc(-c2[c-]cccc2)[n-]n1.Cc1cc(-c2ccccc2)cc(C)c1-c1c[c-]c(N2[CH-]N(C)c3ccccc32)cc1.[Pt+4].[Pt+4].[Pt+4].[c-]1ccccc1-c1[n-]nc2ccccc12. The average Bonchev–Trinajstić information content (AvgIpc) is 1.54. The van der Waals surface area contributed by atoms with Crippen LogP contribution in [0.2, 0.25) is 0 Å². The monoisotopic (exact) mass is 2140 g/mol. The van der Waals surface area contributed by atoms with Gasteiger partial charge in [0.2, 0.25) is 0 Å². The number of anilines is 5. The number of aryl methyl sites for hydroxylation is 4. The fourth-order valence-electron chi connectivity index (χ4n) is 14.7. The molecule has 0 amide bonds. The third-order valence-corrected chi connectivity index (χ3v) is 21.7. The van der Waals surface area contributed by atoms with Crippen molar-refractivity contribution in [3.8, 4) is 78.3 Å². The number of fused-ring (bicyclic) bond motifs is 8. The van der Waals surface area contributed by atoms with E-state index in [0.717, 1.165) is 106 Å². The van der Waals surface area contributed by atoms with Gasteiger partial charge in [0, 0.05) is 59.2 Å². The van der Waals surface area contributed by atoms with Gasteiger partial charge in [-0.1, -0.05) is 179 Å². The number of thiophene rings is 1. The van der Waals surface area contributed by atoms with Gasteiger partial charge in [-0.2, -0.15) is 97.0 Å². The number of hydrogen-bond acceptors (Lipinski definition) is 11. The number of furan rings is 1. The van der Waals surface area contributed by atoms with Gasteiger partial charge >= 0.3 is 63.2 Å². The summed E-state index contributed by atoms with van der Waals surface area (Å²) in [5, 5.41) is 30.2. The summed E-state index contributed by atoms with van der Waals surface area (Å²) >= 11 is 1.86. The zero-order valence-corrected chi connectivity index (χ0v) is 75.3. The van der Waals surface area contributed by atoms with Crippen molar-refractivity contribution in [3.05, 3.63) is 419 Å². The molecule has 0 saturated heterocycles. The van der Waals surface area contributed by atoms with E-state index in [9.17, 15) is 0 Å². The molecule has 5 aromatic heterocycles. The van der Waals surface area contributed by atoms with E-state index in [1.165, 1.54) is 76.1 Å². The standard InChI is InChI=1S/C28H24N2.C22H16N2O.C22H16N2S.C13H8N2.2C10H8N2.3Pt/c1-20-17-24(22-9-5-4-6-10-22)18-21(2)28(20)23-13-15-25(16-14-23)30-19-29(3)26-11-7-8-12-27(26)30;2*1-23-12-13-24(15-23)18-9-6-16(7-10-18)17-8-11-20-19-4-2-3-5-21(19)25-22(20)14-17;1-2-6-10(7-3-1)13-11-8-4-5-9-12(11)14-15-13;2*1-8-7-10(12-11-8)9-5-3-2-4-6-9;;;/h4-15,17-19H,1-3H3;2*2-9,11-15H,1H3;1-6,8-9H;2*2-5,7H,1H3;;;/q6*-2;3*+4. The number of benzene rings is 14. The Bertz CT molecular complexity index is 6450. The molecule has 22 rings (SSSR count). The van der Waals surface area contributed by atoms with E-state index in [0.29, 0.717) is 0 Å². The van der Waals surface area contributed by atoms with Crippen LogP contribution in [0.15, 0.2) is 345 Å². The maximum atomic E-state index is 5.99. The van der Waals surface area contributed by atoms with E-state index in [-0.39, 0.29) is 63.2 Å². The van der Waals surface area contributed by atoms with Gasteiger partial charge in [0.1, 0.15) is 11.2 Å². The molecule has 13 nitrogen and oxygen atoms in total. The van der Waals surface area contributed by atoms with E-state index in [1.807, 2.05) is 226 Å². The minimum Gasteiger partial charge on any atom is -0.619 e. The summed E-state index contributed by atoms with van der Waals surface area (Å²) < 4.78 is 8.67. The normalized spacial score (nSPS) is 12.3. The first-order valence-electron chi connectivity index (χ1n) is 39.2. The maximum Gasteiger partial charge on any atom is 4.00 e. The van der Waals surface area contributed by atoms with Gasteiger partial charge in [0.25, 0.3) is 0 Å². The molecule has 0 fully saturated rings. The summed E-state index contributed by atoms with van der Waals surface area (Å²) in [7, 11) is 6.10. The topological polar surface area (TPSA) is 114 Å². The molecule has 17 heteroatoms. The second-order valence-corrected chi connectivity index (χ2v) is 30.1. The second kappa shape index (κ2) is 39.7. The first-order valence-corrected chi connectivity index (χ1v) is 40.0. The van der Waals surface area contributed by atoms with Crippen LogP contribution in [0.3, 0.4) is 0 Å². The average molecular weight is 2140 g/mol. The minimum atomic E-state index is 0. The van der Waals surface area contributed by atoms with Crippen molar-refractivity contribution in [1.29, 1.82) is 0 Å². The van der Waals surface area contributed by atoms with Crippen molar-refractivity contribution in [2.45, 2.75) is 27.7 Å². The Kier molecular flexibility index (Phi) is 27.9. The molecule has 0 bridgehead atoms. The number of rotatable bonds is 10. The molecule has 0 radical (unpaired) electrons. The van der Waals surface area contributed by atoms with Crippen molar-refractivity contribution in [1.82, 2.24) is 40.4 Å². The van der Waals surface area contributed by atoms with Crippen LogP contribution in [0.1, 0.15) is 22.5 Å². The van der Waals surface area contributed by atoms with E-state index < -0.39 is 0 Å².